The van der Waals surface area contributed by atoms with Crippen molar-refractivity contribution in [1.82, 2.24) is 15.5 Å². The molecule has 0 saturated heterocycles. The minimum atomic E-state index is -0.409. The van der Waals surface area contributed by atoms with Gasteiger partial charge in [0, 0.05) is 17.8 Å². The molecule has 2 N–H and O–H groups in total. The van der Waals surface area contributed by atoms with Gasteiger partial charge >= 0.3 is 0 Å². The maximum Gasteiger partial charge on any atom is 0.286 e. The standard InChI is InChI=1S/C26H23FN4O3S/c27-20-10-14-22(15-11-20)34-17-23-30-31-26(35-23)25(33)29-21-12-8-19(9-13-21)24(32)28-16-4-7-18-5-2-1-3-6-18/h1-3,5-6,8-15H,4,7,16-17H2,(H,28,32)(H,29,33). The van der Waals surface area contributed by atoms with Crippen LogP contribution >= 0.6 is 11.3 Å². The number of aryl methyl sites for hydroxylation is 1. The van der Waals surface area contributed by atoms with Crippen molar-refractivity contribution in [3.63, 3.8) is 0 Å². The third-order valence-corrected chi connectivity index (χ3v) is 5.91. The summed E-state index contributed by atoms with van der Waals surface area (Å²) in [5.74, 6) is -0.424. The van der Waals surface area contributed by atoms with Crippen LogP contribution in [0.3, 0.4) is 0 Å². The summed E-state index contributed by atoms with van der Waals surface area (Å²) in [6, 6.07) is 22.4. The van der Waals surface area contributed by atoms with Gasteiger partial charge in [0.2, 0.25) is 5.01 Å². The van der Waals surface area contributed by atoms with E-state index in [1.54, 1.807) is 24.3 Å². The predicted molar refractivity (Wildman–Crippen MR) is 132 cm³/mol. The maximum atomic E-state index is 13.0. The topological polar surface area (TPSA) is 93.2 Å². The first kappa shape index (κ1) is 24.0. The molecule has 0 aliphatic rings. The molecule has 1 aromatic heterocycles. The van der Waals surface area contributed by atoms with E-state index in [1.165, 1.54) is 29.8 Å². The molecule has 0 radical (unpaired) electrons. The highest BCUT2D eigenvalue weighted by molar-refractivity contribution is 7.13. The molecule has 0 aliphatic carbocycles. The zero-order valence-electron chi connectivity index (χ0n) is 18.7. The van der Waals surface area contributed by atoms with Crippen molar-refractivity contribution in [1.29, 1.82) is 0 Å². The largest absolute Gasteiger partial charge is 0.486 e. The lowest BCUT2D eigenvalue weighted by Gasteiger charge is -2.07. The highest BCUT2D eigenvalue weighted by atomic mass is 32.1. The van der Waals surface area contributed by atoms with E-state index in [4.69, 9.17) is 4.74 Å². The second-order valence-corrected chi connectivity index (χ2v) is 8.68. The van der Waals surface area contributed by atoms with Gasteiger partial charge in [-0.1, -0.05) is 41.7 Å². The smallest absolute Gasteiger partial charge is 0.286 e. The molecule has 0 bridgehead atoms. The van der Waals surface area contributed by atoms with Crippen LogP contribution in [0.2, 0.25) is 0 Å². The Labute approximate surface area is 206 Å². The van der Waals surface area contributed by atoms with Gasteiger partial charge in [0.15, 0.2) is 5.01 Å². The van der Waals surface area contributed by atoms with Gasteiger partial charge in [0.25, 0.3) is 11.8 Å². The zero-order valence-corrected chi connectivity index (χ0v) is 19.6. The molecule has 1 heterocycles. The van der Waals surface area contributed by atoms with E-state index in [0.717, 1.165) is 24.2 Å². The minimum Gasteiger partial charge on any atom is -0.486 e. The van der Waals surface area contributed by atoms with Gasteiger partial charge in [0.05, 0.1) is 0 Å². The Morgan fingerprint density at radius 1 is 0.886 bits per heavy atom. The fourth-order valence-corrected chi connectivity index (χ4v) is 3.86. The lowest BCUT2D eigenvalue weighted by Crippen LogP contribution is -2.24. The first-order valence-electron chi connectivity index (χ1n) is 11.0. The predicted octanol–water partition coefficient (Wildman–Crippen LogP) is 4.87. The number of ether oxygens (including phenoxy) is 1. The third-order valence-electron chi connectivity index (χ3n) is 5.01. The molecule has 3 aromatic carbocycles. The first-order chi connectivity index (χ1) is 17.1. The van der Waals surface area contributed by atoms with Gasteiger partial charge in [-0.05, 0) is 66.9 Å². The molecule has 0 unspecified atom stereocenters. The first-order valence-corrected chi connectivity index (χ1v) is 11.8. The van der Waals surface area contributed by atoms with Crippen LogP contribution in [0.4, 0.5) is 10.1 Å². The molecule has 0 fully saturated rings. The molecule has 4 aromatic rings. The Bertz CT molecular complexity index is 1260. The quantitative estimate of drug-likeness (QED) is 0.309. The highest BCUT2D eigenvalue weighted by Gasteiger charge is 2.14. The average Bonchev–Trinajstić information content (AvgIpc) is 3.37. The van der Waals surface area contributed by atoms with Crippen LogP contribution in [0.25, 0.3) is 0 Å². The average molecular weight is 491 g/mol. The van der Waals surface area contributed by atoms with Crippen LogP contribution in [0.15, 0.2) is 78.9 Å². The molecule has 9 heteroatoms. The Hall–Kier alpha value is -4.11. The van der Waals surface area contributed by atoms with Crippen molar-refractivity contribution in [2.75, 3.05) is 11.9 Å². The molecule has 2 amide bonds. The number of rotatable bonds is 10. The zero-order chi connectivity index (χ0) is 24.5. The molecule has 0 aliphatic heterocycles. The number of anilines is 1. The molecule has 0 atom stereocenters. The van der Waals surface area contributed by atoms with E-state index in [0.29, 0.717) is 28.6 Å². The lowest BCUT2D eigenvalue weighted by molar-refractivity contribution is 0.0952. The summed E-state index contributed by atoms with van der Waals surface area (Å²) in [6.07, 6.45) is 1.75. The molecule has 7 nitrogen and oxygen atoms in total. The van der Waals surface area contributed by atoms with Gasteiger partial charge in [-0.2, -0.15) is 0 Å². The number of carbonyl (C=O) groups excluding carboxylic acids is 2. The van der Waals surface area contributed by atoms with Crippen LogP contribution in [-0.2, 0) is 13.0 Å². The van der Waals surface area contributed by atoms with Crippen molar-refractivity contribution in [2.45, 2.75) is 19.4 Å². The summed E-state index contributed by atoms with van der Waals surface area (Å²) in [5.41, 5.74) is 2.29. The van der Waals surface area contributed by atoms with Crippen LogP contribution in [-0.4, -0.2) is 28.6 Å². The fraction of sp³-hybridized carbons (Fsp3) is 0.154. The second-order valence-electron chi connectivity index (χ2n) is 7.62. The maximum absolute atomic E-state index is 13.0. The number of aromatic nitrogens is 2. The second kappa shape index (κ2) is 11.8. The molecule has 4 rings (SSSR count). The number of nitrogens with one attached hydrogen (secondary N) is 2. The Balaban J connectivity index is 1.22. The van der Waals surface area contributed by atoms with E-state index in [2.05, 4.69) is 33.0 Å². The Kier molecular flexibility index (Phi) is 8.13. The van der Waals surface area contributed by atoms with E-state index in [9.17, 15) is 14.0 Å². The molecule has 0 spiro atoms. The molecule has 178 valence electrons. The summed E-state index contributed by atoms with van der Waals surface area (Å²) >= 11 is 1.10. The SMILES string of the molecule is O=C(NCCCc1ccccc1)c1ccc(NC(=O)c2nnc(COc3ccc(F)cc3)s2)cc1. The van der Waals surface area contributed by atoms with E-state index in [1.807, 2.05) is 18.2 Å². The highest BCUT2D eigenvalue weighted by Crippen LogP contribution is 2.17. The summed E-state index contributed by atoms with van der Waals surface area (Å²) in [6.45, 7) is 0.697. The van der Waals surface area contributed by atoms with Crippen LogP contribution < -0.4 is 15.4 Å². The summed E-state index contributed by atoms with van der Waals surface area (Å²) in [7, 11) is 0. The summed E-state index contributed by atoms with van der Waals surface area (Å²) in [5, 5.41) is 14.2. The number of carbonyl (C=O) groups is 2. The van der Waals surface area contributed by atoms with Gasteiger partial charge in [-0.25, -0.2) is 4.39 Å². The van der Waals surface area contributed by atoms with E-state index in [-0.39, 0.29) is 23.3 Å². The van der Waals surface area contributed by atoms with Crippen molar-refractivity contribution < 1.29 is 18.7 Å². The van der Waals surface area contributed by atoms with Crippen LogP contribution in [0, 0.1) is 5.82 Å². The van der Waals surface area contributed by atoms with Crippen LogP contribution in [0.1, 0.15) is 37.2 Å². The monoisotopic (exact) mass is 490 g/mol. The number of hydrogen-bond donors (Lipinski definition) is 2. The minimum absolute atomic E-state index is 0.117. The van der Waals surface area contributed by atoms with E-state index < -0.39 is 5.91 Å². The van der Waals surface area contributed by atoms with Crippen molar-refractivity contribution in [3.8, 4) is 5.75 Å². The van der Waals surface area contributed by atoms with Gasteiger partial charge in [0.1, 0.15) is 18.2 Å². The molecule has 35 heavy (non-hydrogen) atoms. The van der Waals surface area contributed by atoms with E-state index >= 15 is 0 Å². The lowest BCUT2D eigenvalue weighted by atomic mass is 10.1. The van der Waals surface area contributed by atoms with Crippen molar-refractivity contribution in [3.05, 3.63) is 106 Å². The number of amides is 2. The fourth-order valence-electron chi connectivity index (χ4n) is 3.21. The van der Waals surface area contributed by atoms with Gasteiger partial charge in [-0.3, -0.25) is 9.59 Å². The Morgan fingerprint density at radius 3 is 2.37 bits per heavy atom. The normalized spacial score (nSPS) is 10.5. The number of hydrogen-bond acceptors (Lipinski definition) is 6. The van der Waals surface area contributed by atoms with Gasteiger partial charge in [-0.15, -0.1) is 10.2 Å². The summed E-state index contributed by atoms with van der Waals surface area (Å²) < 4.78 is 18.5. The van der Waals surface area contributed by atoms with Crippen LogP contribution in [0.5, 0.6) is 5.75 Å². The molecular formula is C26H23FN4O3S. The molecule has 0 saturated carbocycles. The van der Waals surface area contributed by atoms with Gasteiger partial charge < -0.3 is 15.4 Å². The van der Waals surface area contributed by atoms with Crippen molar-refractivity contribution in [2.24, 2.45) is 0 Å². The third kappa shape index (κ3) is 7.18. The summed E-state index contributed by atoms with van der Waals surface area (Å²) in [4.78, 5) is 24.8. The number of nitrogens with zero attached hydrogens (tertiary/aromatic N) is 2. The number of halogens is 1. The Morgan fingerprint density at radius 2 is 1.63 bits per heavy atom. The molecular weight excluding hydrogens is 467 g/mol. The van der Waals surface area contributed by atoms with Crippen molar-refractivity contribution >= 4 is 28.8 Å². The number of benzene rings is 3.